The number of oxazole rings is 1. The van der Waals surface area contributed by atoms with Crippen molar-refractivity contribution in [2.24, 2.45) is 5.73 Å². The molecular formula is C23H29ClN2O4. The van der Waals surface area contributed by atoms with Gasteiger partial charge in [0.1, 0.15) is 23.5 Å². The summed E-state index contributed by atoms with van der Waals surface area (Å²) in [6, 6.07) is 15.4. The molecule has 0 aliphatic heterocycles. The third-order valence-electron chi connectivity index (χ3n) is 4.87. The lowest BCUT2D eigenvalue weighted by molar-refractivity contribution is 0.115. The third kappa shape index (κ3) is 6.31. The van der Waals surface area contributed by atoms with Crippen molar-refractivity contribution in [3.63, 3.8) is 0 Å². The molecule has 30 heavy (non-hydrogen) atoms. The quantitative estimate of drug-likeness (QED) is 0.445. The van der Waals surface area contributed by atoms with Gasteiger partial charge in [-0.2, -0.15) is 0 Å². The van der Waals surface area contributed by atoms with E-state index in [0.29, 0.717) is 12.8 Å². The highest BCUT2D eigenvalue weighted by Gasteiger charge is 2.22. The summed E-state index contributed by atoms with van der Waals surface area (Å²) in [6.45, 7) is 1.61. The molecule has 0 spiro atoms. The maximum Gasteiger partial charge on any atom is 0.194 e. The van der Waals surface area contributed by atoms with Crippen LogP contribution in [0.3, 0.4) is 0 Å². The maximum absolute atomic E-state index is 9.27. The van der Waals surface area contributed by atoms with Crippen LogP contribution in [0, 0.1) is 0 Å². The van der Waals surface area contributed by atoms with Gasteiger partial charge in [-0.1, -0.05) is 19.1 Å². The molecule has 3 aromatic rings. The lowest BCUT2D eigenvalue weighted by Crippen LogP contribution is -2.47. The average Bonchev–Trinajstić information content (AvgIpc) is 3.22. The molecule has 0 saturated heterocycles. The number of aliphatic hydroxyl groups excluding tert-OH is 2. The number of benzene rings is 2. The largest absolute Gasteiger partial charge is 0.457 e. The highest BCUT2D eigenvalue weighted by molar-refractivity contribution is 5.85. The van der Waals surface area contributed by atoms with Crippen molar-refractivity contribution in [2.75, 3.05) is 13.2 Å². The molecule has 0 bridgehead atoms. The number of hydrogen-bond acceptors (Lipinski definition) is 6. The summed E-state index contributed by atoms with van der Waals surface area (Å²) >= 11 is 0. The standard InChI is InChI=1S/C23H28N2O4.ClH/c1-2-3-22-25-21(14-28-22)18-6-10-20(11-7-18)29-19-8-4-17(5-9-19)12-13-23(24,15-26)16-27;/h4-11,14,26-27H,2-3,12-13,15-16,24H2,1H3;1H. The fourth-order valence-electron chi connectivity index (χ4n) is 2.93. The molecule has 7 heteroatoms. The number of aryl methyl sites for hydroxylation is 2. The summed E-state index contributed by atoms with van der Waals surface area (Å²) < 4.78 is 11.4. The van der Waals surface area contributed by atoms with Crippen LogP contribution in [0.4, 0.5) is 0 Å². The Morgan fingerprint density at radius 2 is 1.57 bits per heavy atom. The van der Waals surface area contributed by atoms with Gasteiger partial charge in [-0.25, -0.2) is 4.98 Å². The molecule has 0 atom stereocenters. The first-order valence-corrected chi connectivity index (χ1v) is 9.87. The summed E-state index contributed by atoms with van der Waals surface area (Å²) in [5.41, 5.74) is 7.84. The van der Waals surface area contributed by atoms with Crippen molar-refractivity contribution in [1.82, 2.24) is 4.98 Å². The van der Waals surface area contributed by atoms with E-state index in [0.717, 1.165) is 47.1 Å². The van der Waals surface area contributed by atoms with Crippen molar-refractivity contribution >= 4 is 12.4 Å². The molecule has 4 N–H and O–H groups in total. The second-order valence-corrected chi connectivity index (χ2v) is 7.33. The Hall–Kier alpha value is -2.38. The fourth-order valence-corrected chi connectivity index (χ4v) is 2.93. The first-order valence-electron chi connectivity index (χ1n) is 9.87. The van der Waals surface area contributed by atoms with Crippen LogP contribution in [-0.2, 0) is 12.8 Å². The van der Waals surface area contributed by atoms with Gasteiger partial charge >= 0.3 is 0 Å². The van der Waals surface area contributed by atoms with E-state index in [1.54, 1.807) is 6.26 Å². The van der Waals surface area contributed by atoms with Gasteiger partial charge in [0.15, 0.2) is 5.89 Å². The second kappa shape index (κ2) is 11.1. The van der Waals surface area contributed by atoms with E-state index < -0.39 is 5.54 Å². The van der Waals surface area contributed by atoms with E-state index in [1.807, 2.05) is 48.5 Å². The number of hydrogen-bond donors (Lipinski definition) is 3. The van der Waals surface area contributed by atoms with Crippen molar-refractivity contribution in [3.8, 4) is 22.8 Å². The molecule has 0 aliphatic rings. The Balaban J connectivity index is 0.00000320. The lowest BCUT2D eigenvalue weighted by atomic mass is 9.94. The first kappa shape index (κ1) is 23.9. The van der Waals surface area contributed by atoms with Crippen molar-refractivity contribution in [1.29, 1.82) is 0 Å². The molecule has 6 nitrogen and oxygen atoms in total. The van der Waals surface area contributed by atoms with Crippen LogP contribution in [0.2, 0.25) is 0 Å². The van der Waals surface area contributed by atoms with Gasteiger partial charge in [0.05, 0.1) is 18.8 Å². The minimum Gasteiger partial charge on any atom is -0.457 e. The van der Waals surface area contributed by atoms with Crippen LogP contribution < -0.4 is 10.5 Å². The number of aliphatic hydroxyl groups is 2. The van der Waals surface area contributed by atoms with Crippen LogP contribution in [0.1, 0.15) is 31.2 Å². The molecule has 162 valence electrons. The van der Waals surface area contributed by atoms with Crippen LogP contribution in [0.25, 0.3) is 11.3 Å². The smallest absolute Gasteiger partial charge is 0.194 e. The van der Waals surface area contributed by atoms with E-state index in [1.165, 1.54) is 0 Å². The average molecular weight is 433 g/mol. The summed E-state index contributed by atoms with van der Waals surface area (Å²) in [5.74, 6) is 2.23. The van der Waals surface area contributed by atoms with Gasteiger partial charge in [-0.3, -0.25) is 0 Å². The Kier molecular flexibility index (Phi) is 8.87. The van der Waals surface area contributed by atoms with Crippen molar-refractivity contribution < 1.29 is 19.4 Å². The minimum atomic E-state index is -0.946. The van der Waals surface area contributed by atoms with Gasteiger partial charge in [-0.05, 0) is 61.2 Å². The topological polar surface area (TPSA) is 102 Å². The van der Waals surface area contributed by atoms with Gasteiger partial charge in [-0.15, -0.1) is 12.4 Å². The van der Waals surface area contributed by atoms with Crippen molar-refractivity contribution in [3.05, 3.63) is 66.2 Å². The monoisotopic (exact) mass is 432 g/mol. The van der Waals surface area contributed by atoms with Crippen LogP contribution in [-0.4, -0.2) is 33.9 Å². The second-order valence-electron chi connectivity index (χ2n) is 7.33. The summed E-state index contributed by atoms with van der Waals surface area (Å²) in [4.78, 5) is 4.49. The van der Waals surface area contributed by atoms with Crippen LogP contribution in [0.15, 0.2) is 59.2 Å². The van der Waals surface area contributed by atoms with Crippen LogP contribution in [0.5, 0.6) is 11.5 Å². The predicted molar refractivity (Wildman–Crippen MR) is 119 cm³/mol. The van der Waals surface area contributed by atoms with E-state index in [-0.39, 0.29) is 25.6 Å². The minimum absolute atomic E-state index is 0. The van der Waals surface area contributed by atoms with Gasteiger partial charge in [0.25, 0.3) is 0 Å². The zero-order valence-corrected chi connectivity index (χ0v) is 17.9. The highest BCUT2D eigenvalue weighted by atomic mass is 35.5. The number of halogens is 1. The third-order valence-corrected chi connectivity index (χ3v) is 4.87. The molecule has 0 fully saturated rings. The van der Waals surface area contributed by atoms with Gasteiger partial charge in [0.2, 0.25) is 0 Å². The summed E-state index contributed by atoms with van der Waals surface area (Å²) in [5, 5.41) is 18.5. The molecule has 0 amide bonds. The number of nitrogens with two attached hydrogens (primary N) is 1. The van der Waals surface area contributed by atoms with Gasteiger partial charge in [0, 0.05) is 12.0 Å². The van der Waals surface area contributed by atoms with Crippen LogP contribution >= 0.6 is 12.4 Å². The molecule has 0 saturated carbocycles. The molecule has 0 unspecified atom stereocenters. The fraction of sp³-hybridized carbons (Fsp3) is 0.348. The Bertz CT molecular complexity index is 890. The summed E-state index contributed by atoms with van der Waals surface area (Å²) in [6.07, 6.45) is 4.70. The predicted octanol–water partition coefficient (Wildman–Crippen LogP) is 4.12. The molecule has 2 aromatic carbocycles. The SMILES string of the molecule is CCCc1nc(-c2ccc(Oc3ccc(CCC(N)(CO)CO)cc3)cc2)co1.Cl. The zero-order chi connectivity index (χ0) is 20.7. The normalized spacial score (nSPS) is 11.2. The zero-order valence-electron chi connectivity index (χ0n) is 17.1. The highest BCUT2D eigenvalue weighted by Crippen LogP contribution is 2.26. The molecule has 1 heterocycles. The van der Waals surface area contributed by atoms with Gasteiger partial charge < -0.3 is 25.1 Å². The summed E-state index contributed by atoms with van der Waals surface area (Å²) in [7, 11) is 0. The Morgan fingerprint density at radius 3 is 2.13 bits per heavy atom. The number of aromatic nitrogens is 1. The molecular weight excluding hydrogens is 404 g/mol. The van der Waals surface area contributed by atoms with Crippen molar-refractivity contribution in [2.45, 2.75) is 38.1 Å². The lowest BCUT2D eigenvalue weighted by Gasteiger charge is -2.24. The molecule has 3 rings (SSSR count). The maximum atomic E-state index is 9.27. The van der Waals surface area contributed by atoms with E-state index in [2.05, 4.69) is 11.9 Å². The molecule has 0 aliphatic carbocycles. The molecule has 1 aromatic heterocycles. The Morgan fingerprint density at radius 1 is 0.967 bits per heavy atom. The number of ether oxygens (including phenoxy) is 1. The number of nitrogens with zero attached hydrogens (tertiary/aromatic N) is 1. The van der Waals surface area contributed by atoms with E-state index in [9.17, 15) is 10.2 Å². The first-order chi connectivity index (χ1) is 14.0. The Labute approximate surface area is 183 Å². The van der Waals surface area contributed by atoms with E-state index in [4.69, 9.17) is 14.9 Å². The van der Waals surface area contributed by atoms with E-state index >= 15 is 0 Å². The number of rotatable bonds is 10. The molecule has 0 radical (unpaired) electrons.